The van der Waals surface area contributed by atoms with Crippen molar-refractivity contribution in [3.63, 3.8) is 0 Å². The Balaban J connectivity index is 3.66. The minimum atomic E-state index is -0.391. The van der Waals surface area contributed by atoms with Crippen molar-refractivity contribution in [2.45, 2.75) is 33.6 Å². The van der Waals surface area contributed by atoms with Gasteiger partial charge in [0.2, 0.25) is 0 Å². The molecule has 0 aromatic carbocycles. The van der Waals surface area contributed by atoms with Crippen molar-refractivity contribution >= 4 is 5.97 Å². The second-order valence-corrected chi connectivity index (χ2v) is 4.31. The number of unbranched alkanes of at least 4 members (excludes halogenated alkanes) is 1. The molecule has 0 unspecified atom stereocenters. The van der Waals surface area contributed by atoms with Gasteiger partial charge in [-0.25, -0.2) is 4.79 Å². The lowest BCUT2D eigenvalue weighted by Crippen LogP contribution is -2.22. The van der Waals surface area contributed by atoms with E-state index in [-0.39, 0.29) is 0 Å². The maximum atomic E-state index is 11.2. The van der Waals surface area contributed by atoms with Crippen LogP contribution in [0.25, 0.3) is 0 Å². The predicted octanol–water partition coefficient (Wildman–Crippen LogP) is 3.16. The van der Waals surface area contributed by atoms with Crippen LogP contribution in [0.4, 0.5) is 0 Å². The number of rotatable bonds is 7. The first-order valence-corrected chi connectivity index (χ1v) is 6.53. The van der Waals surface area contributed by atoms with E-state index in [1.54, 1.807) is 6.08 Å². The van der Waals surface area contributed by atoms with E-state index in [2.05, 4.69) is 17.3 Å². The van der Waals surface area contributed by atoms with Gasteiger partial charge in [-0.15, -0.1) is 0 Å². The summed E-state index contributed by atoms with van der Waals surface area (Å²) >= 11 is 0. The van der Waals surface area contributed by atoms with Gasteiger partial charge in [0.15, 0.2) is 0 Å². The van der Waals surface area contributed by atoms with Crippen LogP contribution < -0.4 is 5.48 Å². The molecular formula is C16H23NO2. The van der Waals surface area contributed by atoms with Gasteiger partial charge in [0.1, 0.15) is 0 Å². The van der Waals surface area contributed by atoms with Gasteiger partial charge >= 0.3 is 5.97 Å². The molecule has 0 aliphatic carbocycles. The van der Waals surface area contributed by atoms with Gasteiger partial charge in [-0.3, -0.25) is 0 Å². The molecule has 1 N–H and O–H groups in total. The molecule has 0 fully saturated rings. The molecule has 0 saturated heterocycles. The molecule has 0 radical (unpaired) electrons. The van der Waals surface area contributed by atoms with Crippen LogP contribution in [0, 0.1) is 17.8 Å². The molecule has 0 heterocycles. The van der Waals surface area contributed by atoms with Crippen LogP contribution in [-0.4, -0.2) is 12.5 Å². The molecule has 0 rings (SSSR count). The molecule has 104 valence electrons. The van der Waals surface area contributed by atoms with Crippen LogP contribution in [0.15, 0.2) is 36.5 Å². The number of allylic oxidation sites excluding steroid dienone is 5. The maximum absolute atomic E-state index is 11.2. The molecule has 0 aliphatic rings. The first kappa shape index (κ1) is 17.2. The van der Waals surface area contributed by atoms with Gasteiger partial charge in [0, 0.05) is 19.0 Å². The van der Waals surface area contributed by atoms with Gasteiger partial charge in [0.25, 0.3) is 0 Å². The Hall–Kier alpha value is -1.79. The zero-order chi connectivity index (χ0) is 14.3. The number of nitrogens with one attached hydrogen (secondary N) is 1. The van der Waals surface area contributed by atoms with E-state index < -0.39 is 5.97 Å². The molecule has 3 heteroatoms. The fourth-order valence-corrected chi connectivity index (χ4v) is 0.992. The van der Waals surface area contributed by atoms with Crippen molar-refractivity contribution in [3.05, 3.63) is 36.5 Å². The summed E-state index contributed by atoms with van der Waals surface area (Å²) in [5.41, 5.74) is 2.62. The molecule has 0 saturated carbocycles. The van der Waals surface area contributed by atoms with E-state index in [9.17, 15) is 4.79 Å². The third kappa shape index (κ3) is 14.1. The zero-order valence-electron chi connectivity index (χ0n) is 12.0. The second-order valence-electron chi connectivity index (χ2n) is 4.31. The highest BCUT2D eigenvalue weighted by atomic mass is 16.7. The molecule has 0 spiro atoms. The predicted molar refractivity (Wildman–Crippen MR) is 79.0 cm³/mol. The van der Waals surface area contributed by atoms with E-state index in [1.165, 1.54) is 6.08 Å². The Morgan fingerprint density at radius 2 is 2.16 bits per heavy atom. The van der Waals surface area contributed by atoms with E-state index in [1.807, 2.05) is 45.1 Å². The summed E-state index contributed by atoms with van der Waals surface area (Å²) in [5.74, 6) is 5.98. The highest BCUT2D eigenvalue weighted by Crippen LogP contribution is 1.91. The van der Waals surface area contributed by atoms with Crippen molar-refractivity contribution < 1.29 is 9.63 Å². The Bertz CT molecular complexity index is 381. The van der Waals surface area contributed by atoms with Crippen molar-refractivity contribution in [1.29, 1.82) is 0 Å². The monoisotopic (exact) mass is 261 g/mol. The summed E-state index contributed by atoms with van der Waals surface area (Å²) < 4.78 is 0. The average Bonchev–Trinajstić information content (AvgIpc) is 2.36. The lowest BCUT2D eigenvalue weighted by Gasteiger charge is -2.05. The van der Waals surface area contributed by atoms with Crippen LogP contribution in [0.5, 0.6) is 0 Å². The first-order chi connectivity index (χ1) is 9.16. The summed E-state index contributed by atoms with van der Waals surface area (Å²) in [6.45, 7) is 6.67. The molecule has 19 heavy (non-hydrogen) atoms. The summed E-state index contributed by atoms with van der Waals surface area (Å²) in [6.07, 6.45) is 12.3. The minimum absolute atomic E-state index is 0.391. The number of hydrogen-bond donors (Lipinski definition) is 1. The second kappa shape index (κ2) is 12.7. The van der Waals surface area contributed by atoms with Crippen LogP contribution >= 0.6 is 0 Å². The lowest BCUT2D eigenvalue weighted by molar-refractivity contribution is -0.145. The number of hydrogen-bond acceptors (Lipinski definition) is 3. The smallest absolute Gasteiger partial charge is 0.349 e. The molecule has 0 atom stereocenters. The van der Waals surface area contributed by atoms with Crippen molar-refractivity contribution in [2.24, 2.45) is 5.92 Å². The summed E-state index contributed by atoms with van der Waals surface area (Å²) in [6, 6.07) is 0. The number of carbonyl (C=O) groups excluding carboxylic acids is 1. The molecule has 0 aromatic rings. The summed E-state index contributed by atoms with van der Waals surface area (Å²) in [7, 11) is 0. The van der Waals surface area contributed by atoms with E-state index in [0.717, 1.165) is 12.8 Å². The van der Waals surface area contributed by atoms with Crippen LogP contribution in [0.1, 0.15) is 33.6 Å². The zero-order valence-corrected chi connectivity index (χ0v) is 12.0. The Labute approximate surface area is 116 Å². The Morgan fingerprint density at radius 3 is 2.84 bits per heavy atom. The van der Waals surface area contributed by atoms with E-state index in [4.69, 9.17) is 4.84 Å². The topological polar surface area (TPSA) is 38.3 Å². The molecule has 3 nitrogen and oxygen atoms in total. The number of carbonyl (C=O) groups is 1. The van der Waals surface area contributed by atoms with Crippen molar-refractivity contribution in [1.82, 2.24) is 5.48 Å². The van der Waals surface area contributed by atoms with Gasteiger partial charge in [-0.05, 0) is 25.3 Å². The standard InChI is InChI=1S/C16H23NO2/c1-4-5-6-7-8-9-10-11-12-13-16(18)19-17-14-15(2)3/h4-5,10-13,15,17H,8-9,14H2,1-3H3/b5-4-,11-10+,13-12+. The van der Waals surface area contributed by atoms with Gasteiger partial charge < -0.3 is 4.84 Å². The maximum Gasteiger partial charge on any atom is 0.349 e. The van der Waals surface area contributed by atoms with E-state index >= 15 is 0 Å². The Morgan fingerprint density at radius 1 is 1.37 bits per heavy atom. The summed E-state index contributed by atoms with van der Waals surface area (Å²) in [5, 5.41) is 0. The van der Waals surface area contributed by atoms with Crippen LogP contribution in [-0.2, 0) is 9.63 Å². The summed E-state index contributed by atoms with van der Waals surface area (Å²) in [4.78, 5) is 16.0. The normalized spacial score (nSPS) is 11.4. The molecule has 0 bridgehead atoms. The van der Waals surface area contributed by atoms with Crippen LogP contribution in [0.2, 0.25) is 0 Å². The molecule has 0 aromatic heterocycles. The average molecular weight is 261 g/mol. The Kier molecular flexibility index (Phi) is 11.5. The SMILES string of the molecule is C/C=C\C#CCC/C=C/C=C/C(=O)ONCC(C)C. The molecule has 0 amide bonds. The van der Waals surface area contributed by atoms with Gasteiger partial charge in [-0.2, -0.15) is 5.48 Å². The highest BCUT2D eigenvalue weighted by molar-refractivity contribution is 5.81. The van der Waals surface area contributed by atoms with Crippen molar-refractivity contribution in [2.75, 3.05) is 6.54 Å². The minimum Gasteiger partial charge on any atom is -0.367 e. The molecule has 0 aliphatic heterocycles. The molecular weight excluding hydrogens is 238 g/mol. The first-order valence-electron chi connectivity index (χ1n) is 6.53. The van der Waals surface area contributed by atoms with Crippen LogP contribution in [0.3, 0.4) is 0 Å². The fourth-order valence-electron chi connectivity index (χ4n) is 0.992. The number of hydroxylamine groups is 1. The largest absolute Gasteiger partial charge is 0.367 e. The highest BCUT2D eigenvalue weighted by Gasteiger charge is 1.96. The van der Waals surface area contributed by atoms with E-state index in [0.29, 0.717) is 12.5 Å². The third-order valence-corrected chi connectivity index (χ3v) is 1.93. The fraction of sp³-hybridized carbons (Fsp3) is 0.438. The third-order valence-electron chi connectivity index (χ3n) is 1.93. The quantitative estimate of drug-likeness (QED) is 0.251. The van der Waals surface area contributed by atoms with Gasteiger partial charge in [0.05, 0.1) is 0 Å². The lowest BCUT2D eigenvalue weighted by atomic mass is 10.2. The van der Waals surface area contributed by atoms with Gasteiger partial charge in [-0.1, -0.05) is 50.0 Å². The van der Waals surface area contributed by atoms with Crippen molar-refractivity contribution in [3.8, 4) is 11.8 Å².